The van der Waals surface area contributed by atoms with E-state index in [0.29, 0.717) is 34.9 Å². The van der Waals surface area contributed by atoms with Crippen molar-refractivity contribution in [2.75, 3.05) is 11.1 Å². The Morgan fingerprint density at radius 1 is 0.967 bits per heavy atom. The standard InChI is InChI=1S/C24H23FN2O2S/c1-17-9-11-19(12-10-17)24(29)27-20-6-4-5-18(15-20)16-26-23(28)13-14-30-22-8-3-2-7-21(22)25/h2-12,15H,13-14,16H2,1H3,(H,26,28)(H,27,29). The first-order valence-electron chi connectivity index (χ1n) is 9.62. The van der Waals surface area contributed by atoms with Crippen molar-refractivity contribution in [3.05, 3.63) is 95.3 Å². The lowest BCUT2D eigenvalue weighted by Crippen LogP contribution is -2.23. The Kier molecular flexibility index (Phi) is 7.63. The predicted octanol–water partition coefficient (Wildman–Crippen LogP) is 5.19. The van der Waals surface area contributed by atoms with Crippen LogP contribution in [0.25, 0.3) is 0 Å². The highest BCUT2D eigenvalue weighted by Gasteiger charge is 2.08. The van der Waals surface area contributed by atoms with Gasteiger partial charge in [0.2, 0.25) is 5.91 Å². The van der Waals surface area contributed by atoms with Crippen molar-refractivity contribution in [3.63, 3.8) is 0 Å². The normalized spacial score (nSPS) is 10.5. The number of amides is 2. The Balaban J connectivity index is 1.46. The minimum Gasteiger partial charge on any atom is -0.352 e. The zero-order valence-electron chi connectivity index (χ0n) is 16.7. The van der Waals surface area contributed by atoms with Crippen LogP contribution in [-0.2, 0) is 11.3 Å². The van der Waals surface area contributed by atoms with Crippen molar-refractivity contribution in [2.45, 2.75) is 24.8 Å². The maximum Gasteiger partial charge on any atom is 0.255 e. The maximum atomic E-state index is 13.6. The highest BCUT2D eigenvalue weighted by atomic mass is 32.2. The van der Waals surface area contributed by atoms with Crippen LogP contribution in [0.5, 0.6) is 0 Å². The molecule has 0 aromatic heterocycles. The average Bonchev–Trinajstić information content (AvgIpc) is 2.74. The Morgan fingerprint density at radius 2 is 1.73 bits per heavy atom. The van der Waals surface area contributed by atoms with Crippen LogP contribution in [0.15, 0.2) is 77.7 Å². The molecule has 0 aliphatic heterocycles. The molecule has 0 aliphatic rings. The number of aryl methyl sites for hydroxylation is 1. The fraction of sp³-hybridized carbons (Fsp3) is 0.167. The van der Waals surface area contributed by atoms with Crippen LogP contribution in [0.1, 0.15) is 27.9 Å². The summed E-state index contributed by atoms with van der Waals surface area (Å²) in [7, 11) is 0. The second-order valence-electron chi connectivity index (χ2n) is 6.83. The van der Waals surface area contributed by atoms with Crippen molar-refractivity contribution >= 4 is 29.3 Å². The maximum absolute atomic E-state index is 13.6. The summed E-state index contributed by atoms with van der Waals surface area (Å²) < 4.78 is 13.6. The monoisotopic (exact) mass is 422 g/mol. The van der Waals surface area contributed by atoms with Gasteiger partial charge in [-0.25, -0.2) is 4.39 Å². The van der Waals surface area contributed by atoms with Gasteiger partial charge in [-0.2, -0.15) is 0 Å². The molecule has 0 saturated carbocycles. The van der Waals surface area contributed by atoms with Crippen LogP contribution in [-0.4, -0.2) is 17.6 Å². The fourth-order valence-corrected chi connectivity index (χ4v) is 3.66. The van der Waals surface area contributed by atoms with Crippen molar-refractivity contribution in [3.8, 4) is 0 Å². The molecular weight excluding hydrogens is 399 g/mol. The molecule has 3 rings (SSSR count). The number of rotatable bonds is 8. The van der Waals surface area contributed by atoms with Gasteiger partial charge in [0.15, 0.2) is 0 Å². The number of halogens is 1. The minimum absolute atomic E-state index is 0.104. The van der Waals surface area contributed by atoms with Gasteiger partial charge >= 0.3 is 0 Å². The van der Waals surface area contributed by atoms with Gasteiger partial charge in [-0.1, -0.05) is 42.0 Å². The number of nitrogens with one attached hydrogen (secondary N) is 2. The van der Waals surface area contributed by atoms with Crippen LogP contribution in [0.4, 0.5) is 10.1 Å². The van der Waals surface area contributed by atoms with Gasteiger partial charge in [0, 0.05) is 34.9 Å². The van der Waals surface area contributed by atoms with Gasteiger partial charge in [0.05, 0.1) is 0 Å². The Morgan fingerprint density at radius 3 is 2.50 bits per heavy atom. The van der Waals surface area contributed by atoms with E-state index in [4.69, 9.17) is 0 Å². The number of carbonyl (C=O) groups excluding carboxylic acids is 2. The van der Waals surface area contributed by atoms with Crippen LogP contribution in [0.2, 0.25) is 0 Å². The van der Waals surface area contributed by atoms with Crippen molar-refractivity contribution in [1.29, 1.82) is 0 Å². The van der Waals surface area contributed by atoms with E-state index in [0.717, 1.165) is 11.1 Å². The molecule has 3 aromatic rings. The number of thioether (sulfide) groups is 1. The molecular formula is C24H23FN2O2S. The molecule has 0 unspecified atom stereocenters. The smallest absolute Gasteiger partial charge is 0.255 e. The van der Waals surface area contributed by atoms with Crippen molar-refractivity contribution in [2.24, 2.45) is 0 Å². The van der Waals surface area contributed by atoms with Crippen LogP contribution in [0.3, 0.4) is 0 Å². The molecule has 30 heavy (non-hydrogen) atoms. The van der Waals surface area contributed by atoms with E-state index >= 15 is 0 Å². The Labute approximate surface area is 179 Å². The zero-order valence-corrected chi connectivity index (χ0v) is 17.5. The summed E-state index contributed by atoms with van der Waals surface area (Å²) in [4.78, 5) is 25.0. The van der Waals surface area contributed by atoms with Gasteiger partial charge in [0.25, 0.3) is 5.91 Å². The summed E-state index contributed by atoms with van der Waals surface area (Å²) >= 11 is 1.32. The van der Waals surface area contributed by atoms with Gasteiger partial charge < -0.3 is 10.6 Å². The van der Waals surface area contributed by atoms with Gasteiger partial charge in [-0.15, -0.1) is 11.8 Å². The average molecular weight is 423 g/mol. The summed E-state index contributed by atoms with van der Waals surface area (Å²) in [6.45, 7) is 2.33. The number of benzene rings is 3. The first-order chi connectivity index (χ1) is 14.5. The lowest BCUT2D eigenvalue weighted by atomic mass is 10.1. The number of hydrogen-bond donors (Lipinski definition) is 2. The van der Waals surface area contributed by atoms with Crippen LogP contribution >= 0.6 is 11.8 Å². The molecule has 0 radical (unpaired) electrons. The van der Waals surface area contributed by atoms with Gasteiger partial charge in [0.1, 0.15) is 5.82 Å². The summed E-state index contributed by atoms with van der Waals surface area (Å²) in [6, 6.07) is 21.2. The van der Waals surface area contributed by atoms with E-state index in [2.05, 4.69) is 10.6 Å². The lowest BCUT2D eigenvalue weighted by molar-refractivity contribution is -0.120. The second kappa shape index (κ2) is 10.6. The summed E-state index contributed by atoms with van der Waals surface area (Å²) in [5.41, 5.74) is 3.23. The summed E-state index contributed by atoms with van der Waals surface area (Å²) in [5.74, 6) is -0.0546. The van der Waals surface area contributed by atoms with E-state index < -0.39 is 0 Å². The van der Waals surface area contributed by atoms with E-state index in [9.17, 15) is 14.0 Å². The van der Waals surface area contributed by atoms with Gasteiger partial charge in [-0.05, 0) is 48.9 Å². The zero-order chi connectivity index (χ0) is 21.3. The van der Waals surface area contributed by atoms with Gasteiger partial charge in [-0.3, -0.25) is 9.59 Å². The molecule has 0 heterocycles. The van der Waals surface area contributed by atoms with Crippen molar-refractivity contribution in [1.82, 2.24) is 5.32 Å². The second-order valence-corrected chi connectivity index (χ2v) is 7.96. The number of hydrogen-bond acceptors (Lipinski definition) is 3. The van der Waals surface area contributed by atoms with E-state index in [1.54, 1.807) is 30.3 Å². The van der Waals surface area contributed by atoms with Crippen LogP contribution in [0, 0.1) is 12.7 Å². The Bertz CT molecular complexity index is 1020. The highest BCUT2D eigenvalue weighted by molar-refractivity contribution is 7.99. The highest BCUT2D eigenvalue weighted by Crippen LogP contribution is 2.21. The third kappa shape index (κ3) is 6.46. The van der Waals surface area contributed by atoms with E-state index in [1.807, 2.05) is 43.3 Å². The molecule has 0 spiro atoms. The third-order valence-electron chi connectivity index (χ3n) is 4.41. The number of anilines is 1. The lowest BCUT2D eigenvalue weighted by Gasteiger charge is -2.09. The van der Waals surface area contributed by atoms with Crippen molar-refractivity contribution < 1.29 is 14.0 Å². The topological polar surface area (TPSA) is 58.2 Å². The predicted molar refractivity (Wildman–Crippen MR) is 119 cm³/mol. The van der Waals surface area contributed by atoms with Crippen LogP contribution < -0.4 is 10.6 Å². The molecule has 0 atom stereocenters. The molecule has 0 saturated heterocycles. The molecule has 154 valence electrons. The molecule has 2 amide bonds. The molecule has 0 bridgehead atoms. The molecule has 0 fully saturated rings. The summed E-state index contributed by atoms with van der Waals surface area (Å²) in [6.07, 6.45) is 0.294. The molecule has 4 nitrogen and oxygen atoms in total. The van der Waals surface area contributed by atoms with E-state index in [1.165, 1.54) is 17.8 Å². The fourth-order valence-electron chi connectivity index (χ4n) is 2.77. The molecule has 3 aromatic carbocycles. The molecule has 2 N–H and O–H groups in total. The first kappa shape index (κ1) is 21.6. The first-order valence-corrected chi connectivity index (χ1v) is 10.6. The third-order valence-corrected chi connectivity index (χ3v) is 5.46. The minimum atomic E-state index is -0.271. The SMILES string of the molecule is Cc1ccc(C(=O)Nc2cccc(CNC(=O)CCSc3ccccc3F)c2)cc1. The Hall–Kier alpha value is -3.12. The van der Waals surface area contributed by atoms with E-state index in [-0.39, 0.29) is 17.6 Å². The molecule has 6 heteroatoms. The number of carbonyl (C=O) groups is 2. The largest absolute Gasteiger partial charge is 0.352 e. The quantitative estimate of drug-likeness (QED) is 0.492. The molecule has 0 aliphatic carbocycles. The summed E-state index contributed by atoms with van der Waals surface area (Å²) in [5, 5.41) is 5.73.